The maximum atomic E-state index is 12.5. The zero-order valence-electron chi connectivity index (χ0n) is 12.3. The second-order valence-corrected chi connectivity index (χ2v) is 5.47. The fourth-order valence-electron chi connectivity index (χ4n) is 2.93. The molecule has 0 spiro atoms. The average molecular weight is 299 g/mol. The van der Waals surface area contributed by atoms with Crippen molar-refractivity contribution in [3.63, 3.8) is 0 Å². The lowest BCUT2D eigenvalue weighted by atomic mass is 9.92. The van der Waals surface area contributed by atoms with Gasteiger partial charge in [0.15, 0.2) is 6.04 Å². The summed E-state index contributed by atoms with van der Waals surface area (Å²) in [4.78, 5) is 25.6. The van der Waals surface area contributed by atoms with E-state index in [1.807, 2.05) is 19.1 Å². The second-order valence-electron chi connectivity index (χ2n) is 5.47. The quantitative estimate of drug-likeness (QED) is 0.944. The van der Waals surface area contributed by atoms with Crippen molar-refractivity contribution >= 4 is 11.9 Å². The molecular formula is C17H17NO4. The first-order valence-electron chi connectivity index (χ1n) is 7.21. The summed E-state index contributed by atoms with van der Waals surface area (Å²) < 4.78 is 5.42. The number of rotatable bonds is 3. The zero-order valence-corrected chi connectivity index (χ0v) is 12.3. The summed E-state index contributed by atoms with van der Waals surface area (Å²) >= 11 is 0. The van der Waals surface area contributed by atoms with Crippen LogP contribution in [0.4, 0.5) is 0 Å². The Kier molecular flexibility index (Phi) is 3.71. The van der Waals surface area contributed by atoms with Gasteiger partial charge in [-0.3, -0.25) is 4.79 Å². The molecule has 1 N–H and O–H groups in total. The van der Waals surface area contributed by atoms with E-state index < -0.39 is 12.0 Å². The van der Waals surface area contributed by atoms with E-state index in [2.05, 4.69) is 0 Å². The van der Waals surface area contributed by atoms with Gasteiger partial charge in [0.2, 0.25) is 5.91 Å². The topological polar surface area (TPSA) is 70.8 Å². The summed E-state index contributed by atoms with van der Waals surface area (Å²) in [6, 6.07) is 10.0. The first-order chi connectivity index (χ1) is 10.6. The van der Waals surface area contributed by atoms with Crippen LogP contribution in [-0.2, 0) is 22.4 Å². The summed E-state index contributed by atoms with van der Waals surface area (Å²) in [5, 5.41) is 9.56. The highest BCUT2D eigenvalue weighted by Crippen LogP contribution is 2.30. The van der Waals surface area contributed by atoms with Crippen LogP contribution in [0.15, 0.2) is 40.8 Å². The highest BCUT2D eigenvalue weighted by Gasteiger charge is 2.35. The maximum Gasteiger partial charge on any atom is 0.331 e. The van der Waals surface area contributed by atoms with Gasteiger partial charge in [-0.2, -0.15) is 0 Å². The number of carboxylic acid groups (broad SMARTS) is 1. The second kappa shape index (κ2) is 5.67. The van der Waals surface area contributed by atoms with E-state index in [1.165, 1.54) is 4.90 Å². The number of carbonyl (C=O) groups excluding carboxylic acids is 1. The number of furan rings is 1. The number of amides is 1. The number of hydrogen-bond acceptors (Lipinski definition) is 3. The van der Waals surface area contributed by atoms with Gasteiger partial charge in [0.05, 0.1) is 6.42 Å². The molecule has 1 atom stereocenters. The Morgan fingerprint density at radius 1 is 1.27 bits per heavy atom. The predicted molar refractivity (Wildman–Crippen MR) is 79.4 cm³/mol. The van der Waals surface area contributed by atoms with Crippen LogP contribution in [0.3, 0.4) is 0 Å². The monoisotopic (exact) mass is 299 g/mol. The summed E-state index contributed by atoms with van der Waals surface area (Å²) in [5.74, 6) is 0.0689. The van der Waals surface area contributed by atoms with E-state index in [0.29, 0.717) is 24.3 Å². The van der Waals surface area contributed by atoms with Gasteiger partial charge in [-0.15, -0.1) is 0 Å². The van der Waals surface area contributed by atoms with Gasteiger partial charge in [-0.1, -0.05) is 24.3 Å². The van der Waals surface area contributed by atoms with E-state index >= 15 is 0 Å². The van der Waals surface area contributed by atoms with Gasteiger partial charge in [0.1, 0.15) is 11.5 Å². The molecule has 1 amide bonds. The van der Waals surface area contributed by atoms with Gasteiger partial charge in [-0.25, -0.2) is 4.79 Å². The summed E-state index contributed by atoms with van der Waals surface area (Å²) in [5.41, 5.74) is 1.69. The molecule has 1 aliphatic rings. The largest absolute Gasteiger partial charge is 0.479 e. The van der Waals surface area contributed by atoms with Crippen LogP contribution in [-0.4, -0.2) is 28.4 Å². The first kappa shape index (κ1) is 14.4. The molecule has 0 saturated heterocycles. The Balaban J connectivity index is 1.86. The molecule has 2 heterocycles. The minimum atomic E-state index is -1.00. The van der Waals surface area contributed by atoms with Crippen LogP contribution >= 0.6 is 0 Å². The molecule has 5 heteroatoms. The Hall–Kier alpha value is -2.56. The molecule has 0 radical (unpaired) electrons. The Labute approximate surface area is 128 Å². The van der Waals surface area contributed by atoms with Crippen molar-refractivity contribution < 1.29 is 19.1 Å². The number of nitrogens with zero attached hydrogens (tertiary/aromatic N) is 1. The van der Waals surface area contributed by atoms with Gasteiger partial charge >= 0.3 is 5.97 Å². The Bertz CT molecular complexity index is 719. The lowest BCUT2D eigenvalue weighted by molar-refractivity contribution is -0.151. The van der Waals surface area contributed by atoms with Crippen molar-refractivity contribution in [1.29, 1.82) is 0 Å². The molecule has 5 nitrogen and oxygen atoms in total. The molecule has 0 aliphatic carbocycles. The summed E-state index contributed by atoms with van der Waals surface area (Å²) in [6.07, 6.45) is 0.753. The van der Waals surface area contributed by atoms with Crippen molar-refractivity contribution in [3.8, 4) is 0 Å². The van der Waals surface area contributed by atoms with E-state index in [-0.39, 0.29) is 12.3 Å². The summed E-state index contributed by atoms with van der Waals surface area (Å²) in [7, 11) is 0. The van der Waals surface area contributed by atoms with Crippen LogP contribution in [0.25, 0.3) is 0 Å². The van der Waals surface area contributed by atoms with E-state index in [1.54, 1.807) is 24.3 Å². The van der Waals surface area contributed by atoms with Crippen LogP contribution in [0, 0.1) is 6.92 Å². The number of hydrogen-bond donors (Lipinski definition) is 1. The number of carbonyl (C=O) groups is 2. The SMILES string of the molecule is Cc1ccc(CC(=O)N2CCc3ccccc3C2C(=O)O)o1. The number of aliphatic carboxylic acids is 1. The highest BCUT2D eigenvalue weighted by molar-refractivity contribution is 5.86. The molecule has 1 aromatic heterocycles. The Morgan fingerprint density at radius 3 is 2.73 bits per heavy atom. The summed E-state index contributed by atoms with van der Waals surface area (Å²) in [6.45, 7) is 2.22. The van der Waals surface area contributed by atoms with Gasteiger partial charge in [0.25, 0.3) is 0 Å². The fourth-order valence-corrected chi connectivity index (χ4v) is 2.93. The molecular weight excluding hydrogens is 282 g/mol. The number of aryl methyl sites for hydroxylation is 1. The normalized spacial score (nSPS) is 17.1. The zero-order chi connectivity index (χ0) is 15.7. The lowest BCUT2D eigenvalue weighted by Crippen LogP contribution is -2.44. The van der Waals surface area contributed by atoms with E-state index in [4.69, 9.17) is 4.42 Å². The first-order valence-corrected chi connectivity index (χ1v) is 7.21. The predicted octanol–water partition coefficient (Wildman–Crippen LogP) is 2.34. The molecule has 0 saturated carbocycles. The van der Waals surface area contributed by atoms with Crippen molar-refractivity contribution in [1.82, 2.24) is 4.90 Å². The average Bonchev–Trinajstić information content (AvgIpc) is 2.90. The molecule has 22 heavy (non-hydrogen) atoms. The molecule has 0 bridgehead atoms. The van der Waals surface area contributed by atoms with Crippen LogP contribution in [0.1, 0.15) is 28.7 Å². The maximum absolute atomic E-state index is 12.5. The third-order valence-corrected chi connectivity index (χ3v) is 3.96. The Morgan fingerprint density at radius 2 is 2.05 bits per heavy atom. The van der Waals surface area contributed by atoms with Crippen molar-refractivity contribution in [2.75, 3.05) is 6.54 Å². The van der Waals surface area contributed by atoms with Gasteiger partial charge in [0, 0.05) is 6.54 Å². The number of fused-ring (bicyclic) bond motifs is 1. The number of carboxylic acids is 1. The molecule has 114 valence electrons. The number of benzene rings is 1. The van der Waals surface area contributed by atoms with E-state index in [0.717, 1.165) is 11.3 Å². The van der Waals surface area contributed by atoms with Gasteiger partial charge in [-0.05, 0) is 36.6 Å². The van der Waals surface area contributed by atoms with Crippen LogP contribution in [0.5, 0.6) is 0 Å². The highest BCUT2D eigenvalue weighted by atomic mass is 16.4. The van der Waals surface area contributed by atoms with Crippen LogP contribution in [0.2, 0.25) is 0 Å². The third kappa shape index (κ3) is 2.62. The van der Waals surface area contributed by atoms with Crippen LogP contribution < -0.4 is 0 Å². The lowest BCUT2D eigenvalue weighted by Gasteiger charge is -2.34. The van der Waals surface area contributed by atoms with Crippen molar-refractivity contribution in [2.24, 2.45) is 0 Å². The van der Waals surface area contributed by atoms with Crippen molar-refractivity contribution in [3.05, 3.63) is 59.0 Å². The molecule has 1 aromatic carbocycles. The molecule has 0 fully saturated rings. The molecule has 2 aromatic rings. The molecule has 1 aliphatic heterocycles. The third-order valence-electron chi connectivity index (χ3n) is 3.96. The molecule has 1 unspecified atom stereocenters. The molecule has 3 rings (SSSR count). The van der Waals surface area contributed by atoms with E-state index in [9.17, 15) is 14.7 Å². The smallest absolute Gasteiger partial charge is 0.331 e. The standard InChI is InChI=1S/C17H17NO4/c1-11-6-7-13(22-11)10-15(19)18-9-8-12-4-2-3-5-14(12)16(18)17(20)21/h2-7,16H,8-10H2,1H3,(H,20,21). The van der Waals surface area contributed by atoms with Crippen molar-refractivity contribution in [2.45, 2.75) is 25.8 Å². The van der Waals surface area contributed by atoms with Gasteiger partial charge < -0.3 is 14.4 Å². The minimum absolute atomic E-state index is 0.0831. The fraction of sp³-hybridized carbons (Fsp3) is 0.294. The minimum Gasteiger partial charge on any atom is -0.479 e.